The minimum Gasteiger partial charge on any atom is -0.481 e. The molecule has 12 heavy (non-hydrogen) atoms. The number of rotatable bonds is 2. The molecule has 0 fully saturated rings. The van der Waals surface area contributed by atoms with E-state index in [1.54, 1.807) is 12.3 Å². The summed E-state index contributed by atoms with van der Waals surface area (Å²) in [5, 5.41) is 8.76. The molecule has 0 saturated carbocycles. The first-order valence-electron chi connectivity index (χ1n) is 3.42. The first kappa shape index (κ1) is 9.00. The zero-order chi connectivity index (χ0) is 9.14. The van der Waals surface area contributed by atoms with Crippen LogP contribution >= 0.6 is 11.6 Å². The van der Waals surface area contributed by atoms with Crippen LogP contribution in [0.2, 0.25) is 5.15 Å². The maximum atomic E-state index is 10.3. The van der Waals surface area contributed by atoms with Gasteiger partial charge in [-0.05, 0) is 12.5 Å². The van der Waals surface area contributed by atoms with Crippen LogP contribution in [0.5, 0.6) is 0 Å². The Morgan fingerprint density at radius 3 is 3.00 bits per heavy atom. The molecule has 0 atom stereocenters. The summed E-state index contributed by atoms with van der Waals surface area (Å²) in [5.74, 6) is -0.899. The fourth-order valence-electron chi connectivity index (χ4n) is 0.900. The van der Waals surface area contributed by atoms with E-state index in [-0.39, 0.29) is 11.6 Å². The van der Waals surface area contributed by atoms with Crippen LogP contribution in [0.25, 0.3) is 0 Å². The van der Waals surface area contributed by atoms with Crippen LogP contribution in [0.15, 0.2) is 12.3 Å². The van der Waals surface area contributed by atoms with E-state index in [2.05, 4.69) is 4.98 Å². The number of pyridine rings is 1. The predicted octanol–water partition coefficient (Wildman–Crippen LogP) is 1.67. The van der Waals surface area contributed by atoms with Crippen molar-refractivity contribution in [2.45, 2.75) is 13.3 Å². The fourth-order valence-corrected chi connectivity index (χ4v) is 1.07. The van der Waals surface area contributed by atoms with Crippen molar-refractivity contribution in [1.82, 2.24) is 4.98 Å². The molecule has 0 aliphatic carbocycles. The lowest BCUT2D eigenvalue weighted by Gasteiger charge is -2.00. The van der Waals surface area contributed by atoms with Crippen molar-refractivity contribution in [3.8, 4) is 0 Å². The van der Waals surface area contributed by atoms with E-state index >= 15 is 0 Å². The summed E-state index contributed by atoms with van der Waals surface area (Å²) in [6, 6.07) is 1.73. The number of carboxylic acids is 1. The maximum Gasteiger partial charge on any atom is 0.307 e. The zero-order valence-corrected chi connectivity index (χ0v) is 7.30. The molecule has 0 unspecified atom stereocenters. The van der Waals surface area contributed by atoms with Crippen molar-refractivity contribution in [3.63, 3.8) is 0 Å². The van der Waals surface area contributed by atoms with Crippen LogP contribution in [0.1, 0.15) is 11.1 Å². The molecule has 3 nitrogen and oxygen atoms in total. The number of carboxylic acid groups (broad SMARTS) is 1. The van der Waals surface area contributed by atoms with Crippen molar-refractivity contribution < 1.29 is 9.90 Å². The molecule has 0 bridgehead atoms. The lowest BCUT2D eigenvalue weighted by atomic mass is 10.2. The van der Waals surface area contributed by atoms with E-state index in [1.807, 2.05) is 6.92 Å². The zero-order valence-electron chi connectivity index (χ0n) is 6.54. The van der Waals surface area contributed by atoms with Gasteiger partial charge in [0.25, 0.3) is 0 Å². The van der Waals surface area contributed by atoms with Crippen LogP contribution in [0, 0.1) is 6.92 Å². The summed E-state index contributed by atoms with van der Waals surface area (Å²) in [6.07, 6.45) is 1.53. The van der Waals surface area contributed by atoms with Gasteiger partial charge < -0.3 is 5.11 Å². The lowest BCUT2D eigenvalue weighted by molar-refractivity contribution is -0.136. The van der Waals surface area contributed by atoms with Gasteiger partial charge in [0.05, 0.1) is 6.42 Å². The smallest absolute Gasteiger partial charge is 0.307 e. The Hall–Kier alpha value is -1.09. The van der Waals surface area contributed by atoms with Crippen LogP contribution in [-0.4, -0.2) is 16.1 Å². The van der Waals surface area contributed by atoms with E-state index in [0.717, 1.165) is 5.56 Å². The van der Waals surface area contributed by atoms with Gasteiger partial charge in [0.15, 0.2) is 0 Å². The highest BCUT2D eigenvalue weighted by Gasteiger charge is 2.05. The number of aromatic nitrogens is 1. The van der Waals surface area contributed by atoms with Crippen molar-refractivity contribution >= 4 is 17.6 Å². The Labute approximate surface area is 75.0 Å². The molecule has 1 aromatic rings. The number of halogens is 1. The largest absolute Gasteiger partial charge is 0.481 e. The fraction of sp³-hybridized carbons (Fsp3) is 0.250. The highest BCUT2D eigenvalue weighted by molar-refractivity contribution is 6.30. The molecule has 1 heterocycles. The molecule has 0 amide bonds. The summed E-state index contributed by atoms with van der Waals surface area (Å²) < 4.78 is 0. The number of aliphatic carboxylic acids is 1. The first-order valence-corrected chi connectivity index (χ1v) is 3.80. The molecular weight excluding hydrogens is 178 g/mol. The topological polar surface area (TPSA) is 50.2 Å². The Morgan fingerprint density at radius 1 is 1.75 bits per heavy atom. The number of aryl methyl sites for hydroxylation is 1. The molecular formula is C8H8ClNO2. The SMILES string of the molecule is Cc1cnc(Cl)c(CC(=O)O)c1. The number of carbonyl (C=O) groups is 1. The summed E-state index contributed by atoms with van der Waals surface area (Å²) in [6.45, 7) is 1.84. The van der Waals surface area contributed by atoms with Gasteiger partial charge in [-0.2, -0.15) is 0 Å². The minimum atomic E-state index is -0.899. The number of nitrogens with zero attached hydrogens (tertiary/aromatic N) is 1. The van der Waals surface area contributed by atoms with Crippen molar-refractivity contribution in [1.29, 1.82) is 0 Å². The molecule has 0 spiro atoms. The van der Waals surface area contributed by atoms with Gasteiger partial charge in [0.2, 0.25) is 0 Å². The minimum absolute atomic E-state index is 0.0759. The Balaban J connectivity index is 2.97. The summed E-state index contributed by atoms with van der Waals surface area (Å²) in [7, 11) is 0. The van der Waals surface area contributed by atoms with Crippen molar-refractivity contribution in [2.75, 3.05) is 0 Å². The monoisotopic (exact) mass is 185 g/mol. The highest BCUT2D eigenvalue weighted by atomic mass is 35.5. The van der Waals surface area contributed by atoms with E-state index in [4.69, 9.17) is 16.7 Å². The Morgan fingerprint density at radius 2 is 2.42 bits per heavy atom. The van der Waals surface area contributed by atoms with Crippen LogP contribution in [0.3, 0.4) is 0 Å². The highest BCUT2D eigenvalue weighted by Crippen LogP contribution is 2.14. The lowest BCUT2D eigenvalue weighted by Crippen LogP contribution is -2.01. The van der Waals surface area contributed by atoms with Gasteiger partial charge in [-0.15, -0.1) is 0 Å². The average Bonchev–Trinajstić information content (AvgIpc) is 1.96. The van der Waals surface area contributed by atoms with Gasteiger partial charge in [0.1, 0.15) is 5.15 Å². The summed E-state index contributed by atoms with van der Waals surface area (Å²) >= 11 is 5.67. The van der Waals surface area contributed by atoms with Gasteiger partial charge in [-0.25, -0.2) is 4.98 Å². The van der Waals surface area contributed by atoms with Crippen molar-refractivity contribution in [2.24, 2.45) is 0 Å². The number of hydrogen-bond donors (Lipinski definition) is 1. The molecule has 1 rings (SSSR count). The molecule has 0 aliphatic heterocycles. The van der Waals surface area contributed by atoms with E-state index in [1.165, 1.54) is 0 Å². The third-order valence-electron chi connectivity index (χ3n) is 1.39. The van der Waals surface area contributed by atoms with Crippen LogP contribution < -0.4 is 0 Å². The normalized spacial score (nSPS) is 9.83. The molecule has 64 valence electrons. The molecule has 1 aromatic heterocycles. The van der Waals surface area contributed by atoms with Gasteiger partial charge in [-0.3, -0.25) is 4.79 Å². The third kappa shape index (κ3) is 2.20. The average molecular weight is 186 g/mol. The van der Waals surface area contributed by atoms with E-state index < -0.39 is 5.97 Å². The van der Waals surface area contributed by atoms with Gasteiger partial charge in [-0.1, -0.05) is 17.7 Å². The van der Waals surface area contributed by atoms with E-state index in [0.29, 0.717) is 5.56 Å². The van der Waals surface area contributed by atoms with Gasteiger partial charge in [0, 0.05) is 11.8 Å². The standard InChI is InChI=1S/C8H8ClNO2/c1-5-2-6(3-7(11)12)8(9)10-4-5/h2,4H,3H2,1H3,(H,11,12). The molecule has 0 aliphatic rings. The Bertz CT molecular complexity index is 312. The predicted molar refractivity (Wildman–Crippen MR) is 45.3 cm³/mol. The summed E-state index contributed by atoms with van der Waals surface area (Å²) in [5.41, 5.74) is 1.47. The second kappa shape index (κ2) is 3.54. The first-order chi connectivity index (χ1) is 5.59. The van der Waals surface area contributed by atoms with Crippen LogP contribution in [0.4, 0.5) is 0 Å². The second-order valence-electron chi connectivity index (χ2n) is 2.53. The number of hydrogen-bond acceptors (Lipinski definition) is 2. The van der Waals surface area contributed by atoms with Gasteiger partial charge >= 0.3 is 5.97 Å². The molecule has 1 N–H and O–H groups in total. The Kier molecular flexibility index (Phi) is 2.65. The van der Waals surface area contributed by atoms with E-state index in [9.17, 15) is 4.79 Å². The molecule has 0 saturated heterocycles. The van der Waals surface area contributed by atoms with Crippen molar-refractivity contribution in [3.05, 3.63) is 28.5 Å². The maximum absolute atomic E-state index is 10.3. The quantitative estimate of drug-likeness (QED) is 0.714. The summed E-state index contributed by atoms with van der Waals surface area (Å²) in [4.78, 5) is 14.2. The third-order valence-corrected chi connectivity index (χ3v) is 1.73. The second-order valence-corrected chi connectivity index (χ2v) is 2.89. The molecule has 0 aromatic carbocycles. The molecule has 4 heteroatoms. The van der Waals surface area contributed by atoms with Crippen LogP contribution in [-0.2, 0) is 11.2 Å². The molecule has 0 radical (unpaired) electrons.